The van der Waals surface area contributed by atoms with E-state index in [4.69, 9.17) is 16.1 Å². The largest absolute Gasteiger partial charge is 0.322 e. The van der Waals surface area contributed by atoms with Crippen LogP contribution in [0.15, 0.2) is 65.6 Å². The summed E-state index contributed by atoms with van der Waals surface area (Å²) in [7, 11) is -4.02. The monoisotopic (exact) mass is 646 g/mol. The van der Waals surface area contributed by atoms with Crippen molar-refractivity contribution in [3.05, 3.63) is 71.8 Å². The van der Waals surface area contributed by atoms with Gasteiger partial charge in [-0.15, -0.1) is 0 Å². The minimum atomic E-state index is -4.02. The zero-order valence-corrected chi connectivity index (χ0v) is 27.9. The Morgan fingerprint density at radius 1 is 0.956 bits per heavy atom. The number of allylic oxidation sites excluding steroid dienone is 1. The minimum Gasteiger partial charge on any atom is -0.322 e. The van der Waals surface area contributed by atoms with Crippen LogP contribution in [0, 0.1) is 36.0 Å². The number of nitrogens with one attached hydrogen (secondary N) is 2. The summed E-state index contributed by atoms with van der Waals surface area (Å²) in [6, 6.07) is 14.5. The van der Waals surface area contributed by atoms with E-state index in [1.165, 1.54) is 12.1 Å². The van der Waals surface area contributed by atoms with E-state index >= 15 is 0 Å². The summed E-state index contributed by atoms with van der Waals surface area (Å²) in [6.07, 6.45) is 5.63. The maximum atomic E-state index is 13.9. The maximum Gasteiger partial charge on any atom is 0.294 e. The normalized spacial score (nSPS) is 15.0. The van der Waals surface area contributed by atoms with E-state index in [0.717, 1.165) is 24.0 Å². The van der Waals surface area contributed by atoms with Crippen molar-refractivity contribution in [3.63, 3.8) is 0 Å². The number of benzene rings is 2. The fraction of sp³-hybridized carbons (Fsp3) is 0.485. The Bertz CT molecular complexity index is 1360. The van der Waals surface area contributed by atoms with Gasteiger partial charge in [-0.1, -0.05) is 101 Å². The van der Waals surface area contributed by atoms with Crippen molar-refractivity contribution in [2.75, 3.05) is 0 Å². The van der Waals surface area contributed by atoms with Crippen molar-refractivity contribution < 1.29 is 32.6 Å². The number of amides is 2. The average Bonchev–Trinajstić information content (AvgIpc) is 3.01. The molecule has 1 unspecified atom stereocenters. The van der Waals surface area contributed by atoms with E-state index < -0.39 is 45.2 Å². The molecule has 0 saturated heterocycles. The number of aryl methyl sites for hydroxylation is 1. The Morgan fingerprint density at radius 3 is 1.93 bits per heavy atom. The molecule has 0 heterocycles. The molecule has 0 saturated carbocycles. The molecule has 250 valence electrons. The molecule has 12 heteroatoms. The van der Waals surface area contributed by atoms with Crippen LogP contribution in [0.4, 0.5) is 0 Å². The van der Waals surface area contributed by atoms with Gasteiger partial charge in [-0.3, -0.25) is 29.6 Å². The third-order valence-corrected chi connectivity index (χ3v) is 8.77. The van der Waals surface area contributed by atoms with Crippen molar-refractivity contribution in [1.82, 2.24) is 10.9 Å². The first-order valence-electron chi connectivity index (χ1n) is 15.1. The first-order chi connectivity index (χ1) is 21.1. The van der Waals surface area contributed by atoms with Gasteiger partial charge in [0.2, 0.25) is 11.8 Å². The molecular weight excluding hydrogens is 596 g/mol. The van der Waals surface area contributed by atoms with Gasteiger partial charge in [0.05, 0.1) is 28.2 Å². The van der Waals surface area contributed by atoms with Gasteiger partial charge in [-0.05, 0) is 56.2 Å². The first kappa shape index (κ1) is 39.6. The lowest BCUT2D eigenvalue weighted by Gasteiger charge is -2.42. The number of hydrazine groups is 1. The molecule has 8 N–H and O–H groups in total. The second-order valence-corrected chi connectivity index (χ2v) is 13.2. The van der Waals surface area contributed by atoms with Gasteiger partial charge in [-0.25, -0.2) is 11.3 Å². The Hall–Kier alpha value is -3.42. The summed E-state index contributed by atoms with van der Waals surface area (Å²) in [4.78, 5) is 40.1. The highest BCUT2D eigenvalue weighted by Crippen LogP contribution is 2.46. The molecule has 2 rings (SSSR count). The molecule has 0 bridgehead atoms. The summed E-state index contributed by atoms with van der Waals surface area (Å²) in [5, 5.41) is 9.73. The quantitative estimate of drug-likeness (QED) is 0.0531. The number of carbonyl (C=O) groups is 3. The van der Waals surface area contributed by atoms with Gasteiger partial charge in [0.1, 0.15) is 0 Å². The van der Waals surface area contributed by atoms with Crippen LogP contribution in [-0.4, -0.2) is 41.8 Å². The number of hydroxylamine groups is 1. The highest BCUT2D eigenvalue weighted by Gasteiger charge is 2.53. The third kappa shape index (κ3) is 11.8. The summed E-state index contributed by atoms with van der Waals surface area (Å²) in [5.74, 6) is 1.68. The highest BCUT2D eigenvalue weighted by molar-refractivity contribution is 7.85. The standard InChI is InChI=1S/C26H42N4O4.C7H8O3S/c1-6-19(7-2)16-26(23(31)18(5)27,14-13-20-11-9-8-10-12-20)22(25(33)30-34)21(15-17(3)4)24(32)29-28;1-6-2-4-7(5-3-6)11(8,9)10/h8-14,17-19,21-22,34H,6-7,15-16,27-28H2,1-5H3,(H,29,32)(H,30,33);2-5H,1H3,(H,8,9,10)/b14-13+;/t18-,21-,22-,26?;/m1./s1. The number of carbonyl (C=O) groups excluding carboxylic acids is 3. The van der Waals surface area contributed by atoms with E-state index in [0.29, 0.717) is 6.42 Å². The molecule has 0 aliphatic heterocycles. The average molecular weight is 647 g/mol. The first-order valence-corrected chi connectivity index (χ1v) is 16.5. The molecule has 0 aromatic heterocycles. The van der Waals surface area contributed by atoms with Crippen molar-refractivity contribution in [2.45, 2.75) is 78.2 Å². The van der Waals surface area contributed by atoms with Crippen LogP contribution in [0.1, 0.15) is 71.4 Å². The molecule has 2 aromatic carbocycles. The second-order valence-electron chi connectivity index (χ2n) is 11.8. The molecule has 0 fully saturated rings. The van der Waals surface area contributed by atoms with Gasteiger partial charge >= 0.3 is 0 Å². The van der Waals surface area contributed by atoms with Crippen LogP contribution >= 0.6 is 0 Å². The van der Waals surface area contributed by atoms with Crippen molar-refractivity contribution in [1.29, 1.82) is 0 Å². The summed E-state index contributed by atoms with van der Waals surface area (Å²) in [6.45, 7) is 11.3. The van der Waals surface area contributed by atoms with Crippen molar-refractivity contribution in [3.8, 4) is 0 Å². The maximum absolute atomic E-state index is 13.9. The topological polar surface area (TPSA) is 202 Å². The number of rotatable bonds is 15. The van der Waals surface area contributed by atoms with Crippen LogP contribution in [0.5, 0.6) is 0 Å². The Balaban J connectivity index is 0.000000768. The number of ketones is 1. The van der Waals surface area contributed by atoms with Crippen LogP contribution in [0.2, 0.25) is 0 Å². The smallest absolute Gasteiger partial charge is 0.294 e. The Morgan fingerprint density at radius 2 is 1.51 bits per heavy atom. The van der Waals surface area contributed by atoms with Crippen molar-refractivity contribution in [2.24, 2.45) is 40.7 Å². The minimum absolute atomic E-state index is 0.0191. The molecule has 0 aliphatic rings. The molecule has 45 heavy (non-hydrogen) atoms. The lowest BCUT2D eigenvalue weighted by molar-refractivity contribution is -0.151. The number of hydrogen-bond acceptors (Lipinski definition) is 8. The van der Waals surface area contributed by atoms with E-state index in [2.05, 4.69) is 5.43 Å². The second kappa shape index (κ2) is 18.5. The lowest BCUT2D eigenvalue weighted by Crippen LogP contribution is -2.56. The SMILES string of the molecule is CCC(CC)CC(/C=C/c1ccccc1)(C(=O)[C@@H](C)N)[C@@H](C(=O)NO)[C@@H](CC(C)C)C(=O)NN.Cc1ccc(S(=O)(=O)O)cc1. The molecule has 0 radical (unpaired) electrons. The number of Topliss-reactive ketones (excluding diaryl/α,β-unsaturated/α-hetero) is 1. The zero-order chi connectivity index (χ0) is 34.4. The van der Waals surface area contributed by atoms with Crippen LogP contribution in [0.3, 0.4) is 0 Å². The van der Waals surface area contributed by atoms with Gasteiger partial charge in [0.25, 0.3) is 10.1 Å². The van der Waals surface area contributed by atoms with Crippen LogP contribution < -0.4 is 22.5 Å². The number of hydrogen-bond donors (Lipinski definition) is 6. The van der Waals surface area contributed by atoms with Gasteiger partial charge in [-0.2, -0.15) is 8.42 Å². The predicted molar refractivity (Wildman–Crippen MR) is 175 cm³/mol. The summed E-state index contributed by atoms with van der Waals surface area (Å²) in [5.41, 5.74) is 10.4. The van der Waals surface area contributed by atoms with Gasteiger partial charge in [0, 0.05) is 0 Å². The van der Waals surface area contributed by atoms with Gasteiger partial charge in [0.15, 0.2) is 5.78 Å². The molecular formula is C33H50N4O7S. The molecule has 0 aliphatic carbocycles. The van der Waals surface area contributed by atoms with E-state index in [-0.39, 0.29) is 28.9 Å². The lowest BCUT2D eigenvalue weighted by atomic mass is 9.59. The molecule has 0 spiro atoms. The Labute approximate surface area is 267 Å². The predicted octanol–water partition coefficient (Wildman–Crippen LogP) is 4.44. The van der Waals surface area contributed by atoms with E-state index in [1.54, 1.807) is 36.7 Å². The van der Waals surface area contributed by atoms with Gasteiger partial charge < -0.3 is 5.73 Å². The van der Waals surface area contributed by atoms with Crippen LogP contribution in [-0.2, 0) is 24.5 Å². The fourth-order valence-electron chi connectivity index (χ4n) is 5.49. The van der Waals surface area contributed by atoms with E-state index in [9.17, 15) is 28.0 Å². The van der Waals surface area contributed by atoms with E-state index in [1.807, 2.05) is 65.0 Å². The molecule has 11 nitrogen and oxygen atoms in total. The number of nitrogens with two attached hydrogens (primary N) is 2. The molecule has 2 amide bonds. The highest BCUT2D eigenvalue weighted by atomic mass is 32.2. The fourth-order valence-corrected chi connectivity index (χ4v) is 5.97. The molecule has 2 aromatic rings. The third-order valence-electron chi connectivity index (χ3n) is 7.90. The van der Waals surface area contributed by atoms with Crippen LogP contribution in [0.25, 0.3) is 6.08 Å². The molecule has 4 atom stereocenters. The summed E-state index contributed by atoms with van der Waals surface area (Å²) >= 11 is 0. The van der Waals surface area contributed by atoms with Crippen molar-refractivity contribution >= 4 is 33.8 Å². The Kier molecular flexibility index (Phi) is 16.3. The zero-order valence-electron chi connectivity index (χ0n) is 27.1. The summed E-state index contributed by atoms with van der Waals surface area (Å²) < 4.78 is 29.6.